The molecule has 0 amide bonds. The van der Waals surface area contributed by atoms with Gasteiger partial charge in [-0.1, -0.05) is 18.2 Å². The van der Waals surface area contributed by atoms with Gasteiger partial charge in [0.05, 0.1) is 10.5 Å². The van der Waals surface area contributed by atoms with Crippen LogP contribution < -0.4 is 5.32 Å². The van der Waals surface area contributed by atoms with Crippen LogP contribution >= 0.6 is 0 Å². The third-order valence-corrected chi connectivity index (χ3v) is 2.95. The Morgan fingerprint density at radius 2 is 2.10 bits per heavy atom. The lowest BCUT2D eigenvalue weighted by Gasteiger charge is -2.08. The van der Waals surface area contributed by atoms with E-state index in [1.54, 1.807) is 18.2 Å². The number of nitrogens with one attached hydrogen (secondary N) is 1. The van der Waals surface area contributed by atoms with Crippen LogP contribution in [0.5, 0.6) is 0 Å². The van der Waals surface area contributed by atoms with Crippen molar-refractivity contribution in [2.45, 2.75) is 6.42 Å². The molecule has 0 saturated carbocycles. The minimum atomic E-state index is -0.986. The zero-order valence-corrected chi connectivity index (χ0v) is 11.0. The van der Waals surface area contributed by atoms with Crippen molar-refractivity contribution in [2.75, 3.05) is 11.9 Å². The highest BCUT2D eigenvalue weighted by atomic mass is 16.6. The first-order chi connectivity index (χ1) is 10.1. The fraction of sp³-hybridized carbons (Fsp3) is 0.143. The number of nitro groups is 1. The van der Waals surface area contributed by atoms with Crippen LogP contribution in [0.25, 0.3) is 0 Å². The summed E-state index contributed by atoms with van der Waals surface area (Å²) in [6.07, 6.45) is 3.08. The van der Waals surface area contributed by atoms with Gasteiger partial charge in [0.2, 0.25) is 0 Å². The molecule has 7 heteroatoms. The van der Waals surface area contributed by atoms with Crippen molar-refractivity contribution in [3.8, 4) is 0 Å². The van der Waals surface area contributed by atoms with Crippen LogP contribution in [-0.2, 0) is 6.42 Å². The predicted octanol–water partition coefficient (Wildman–Crippen LogP) is 2.34. The van der Waals surface area contributed by atoms with Crippen LogP contribution in [0.15, 0.2) is 42.7 Å². The number of rotatable bonds is 6. The van der Waals surface area contributed by atoms with E-state index in [1.165, 1.54) is 24.5 Å². The quantitative estimate of drug-likeness (QED) is 0.624. The number of benzene rings is 1. The van der Waals surface area contributed by atoms with Gasteiger partial charge < -0.3 is 10.4 Å². The number of nitrogens with zero attached hydrogens (tertiary/aromatic N) is 2. The topological polar surface area (TPSA) is 105 Å². The maximum Gasteiger partial charge on any atom is 0.335 e. The summed E-state index contributed by atoms with van der Waals surface area (Å²) in [4.78, 5) is 25.1. The first-order valence-corrected chi connectivity index (χ1v) is 6.23. The average molecular weight is 287 g/mol. The summed E-state index contributed by atoms with van der Waals surface area (Å²) in [5, 5.41) is 22.9. The molecule has 21 heavy (non-hydrogen) atoms. The molecule has 1 heterocycles. The zero-order chi connectivity index (χ0) is 15.2. The van der Waals surface area contributed by atoms with Crippen LogP contribution in [-0.4, -0.2) is 27.5 Å². The fourth-order valence-electron chi connectivity index (χ4n) is 1.96. The van der Waals surface area contributed by atoms with E-state index in [1.807, 2.05) is 0 Å². The van der Waals surface area contributed by atoms with Crippen molar-refractivity contribution in [1.82, 2.24) is 4.98 Å². The Morgan fingerprint density at radius 3 is 2.81 bits per heavy atom. The maximum absolute atomic E-state index is 11.1. The molecular formula is C14H13N3O4. The molecule has 0 aliphatic carbocycles. The van der Waals surface area contributed by atoms with Gasteiger partial charge in [0.25, 0.3) is 0 Å². The summed E-state index contributed by atoms with van der Waals surface area (Å²) in [5.74, 6) is -0.986. The zero-order valence-electron chi connectivity index (χ0n) is 11.0. The predicted molar refractivity (Wildman–Crippen MR) is 76.5 cm³/mol. The number of carboxylic acid groups (broad SMARTS) is 1. The molecule has 0 atom stereocenters. The van der Waals surface area contributed by atoms with Crippen LogP contribution in [0.3, 0.4) is 0 Å². The lowest BCUT2D eigenvalue weighted by atomic mass is 10.0. The number of aromatic nitrogens is 1. The third kappa shape index (κ3) is 3.53. The summed E-state index contributed by atoms with van der Waals surface area (Å²) in [6, 6.07) is 8.20. The highest BCUT2D eigenvalue weighted by Gasteiger charge is 2.13. The molecule has 0 fully saturated rings. The summed E-state index contributed by atoms with van der Waals surface area (Å²) in [6.45, 7) is 0.384. The number of aromatic carboxylic acids is 1. The summed E-state index contributed by atoms with van der Waals surface area (Å²) >= 11 is 0. The van der Waals surface area contributed by atoms with Crippen LogP contribution in [0.4, 0.5) is 11.4 Å². The first kappa shape index (κ1) is 14.4. The van der Waals surface area contributed by atoms with E-state index >= 15 is 0 Å². The highest BCUT2D eigenvalue weighted by Crippen LogP contribution is 2.21. The Bertz CT molecular complexity index is 615. The Hall–Kier alpha value is -2.96. The molecule has 0 unspecified atom stereocenters. The van der Waals surface area contributed by atoms with Gasteiger partial charge in [-0.15, -0.1) is 0 Å². The first-order valence-electron chi connectivity index (χ1n) is 6.23. The SMILES string of the molecule is O=C(O)c1ccccc1CCNc1ccncc1[N+](=O)[O-]. The van der Waals surface area contributed by atoms with E-state index in [4.69, 9.17) is 5.11 Å². The van der Waals surface area contributed by atoms with E-state index in [0.29, 0.717) is 24.2 Å². The van der Waals surface area contributed by atoms with E-state index in [-0.39, 0.29) is 11.3 Å². The van der Waals surface area contributed by atoms with Crippen LogP contribution in [0.2, 0.25) is 0 Å². The second-order valence-electron chi connectivity index (χ2n) is 4.29. The molecule has 1 aromatic carbocycles. The van der Waals surface area contributed by atoms with E-state index < -0.39 is 10.9 Å². The van der Waals surface area contributed by atoms with Crippen molar-refractivity contribution in [2.24, 2.45) is 0 Å². The molecule has 2 N–H and O–H groups in total. The second-order valence-corrected chi connectivity index (χ2v) is 4.29. The van der Waals surface area contributed by atoms with Gasteiger partial charge in [0.1, 0.15) is 11.9 Å². The summed E-state index contributed by atoms with van der Waals surface area (Å²) < 4.78 is 0. The van der Waals surface area contributed by atoms with Crippen molar-refractivity contribution in [1.29, 1.82) is 0 Å². The number of carboxylic acids is 1. The van der Waals surface area contributed by atoms with E-state index in [2.05, 4.69) is 10.3 Å². The van der Waals surface area contributed by atoms with Gasteiger partial charge in [0.15, 0.2) is 0 Å². The van der Waals surface area contributed by atoms with E-state index in [9.17, 15) is 14.9 Å². The minimum absolute atomic E-state index is 0.107. The number of pyridine rings is 1. The third-order valence-electron chi connectivity index (χ3n) is 2.95. The molecular weight excluding hydrogens is 274 g/mol. The Labute approximate surface area is 120 Å². The molecule has 0 aliphatic heterocycles. The fourth-order valence-corrected chi connectivity index (χ4v) is 1.96. The second kappa shape index (κ2) is 6.47. The number of hydrogen-bond acceptors (Lipinski definition) is 5. The molecule has 2 rings (SSSR count). The monoisotopic (exact) mass is 287 g/mol. The van der Waals surface area contributed by atoms with Crippen LogP contribution in [0.1, 0.15) is 15.9 Å². The molecule has 2 aromatic rings. The standard InChI is InChI=1S/C14H13N3O4/c18-14(19)11-4-2-1-3-10(11)5-8-16-12-6-7-15-9-13(12)17(20)21/h1-4,6-7,9H,5,8H2,(H,15,16)(H,18,19). The van der Waals surface area contributed by atoms with Crippen LogP contribution in [0, 0.1) is 10.1 Å². The Balaban J connectivity index is 2.06. The summed E-state index contributed by atoms with van der Waals surface area (Å²) in [7, 11) is 0. The van der Waals surface area contributed by atoms with Crippen molar-refractivity contribution < 1.29 is 14.8 Å². The van der Waals surface area contributed by atoms with Crippen molar-refractivity contribution >= 4 is 17.3 Å². The maximum atomic E-state index is 11.1. The van der Waals surface area contributed by atoms with Gasteiger partial charge in [-0.3, -0.25) is 15.1 Å². The molecule has 7 nitrogen and oxygen atoms in total. The number of anilines is 1. The molecule has 0 saturated heterocycles. The number of hydrogen-bond donors (Lipinski definition) is 2. The summed E-state index contributed by atoms with van der Waals surface area (Å²) in [5.41, 5.74) is 1.17. The lowest BCUT2D eigenvalue weighted by Crippen LogP contribution is -2.10. The van der Waals surface area contributed by atoms with Gasteiger partial charge in [-0.25, -0.2) is 4.79 Å². The molecule has 0 bridgehead atoms. The smallest absolute Gasteiger partial charge is 0.335 e. The minimum Gasteiger partial charge on any atom is -0.478 e. The molecule has 108 valence electrons. The molecule has 0 aliphatic rings. The van der Waals surface area contributed by atoms with Gasteiger partial charge in [0, 0.05) is 12.7 Å². The highest BCUT2D eigenvalue weighted by molar-refractivity contribution is 5.89. The largest absolute Gasteiger partial charge is 0.478 e. The Morgan fingerprint density at radius 1 is 1.33 bits per heavy atom. The molecule has 1 aromatic heterocycles. The number of carbonyl (C=O) groups is 1. The van der Waals surface area contributed by atoms with Gasteiger partial charge in [-0.2, -0.15) is 0 Å². The van der Waals surface area contributed by atoms with Gasteiger partial charge >= 0.3 is 11.7 Å². The van der Waals surface area contributed by atoms with Gasteiger partial charge in [-0.05, 0) is 24.1 Å². The van der Waals surface area contributed by atoms with E-state index in [0.717, 1.165) is 0 Å². The average Bonchev–Trinajstić information content (AvgIpc) is 2.48. The Kier molecular flexibility index (Phi) is 4.45. The normalized spacial score (nSPS) is 10.1. The lowest BCUT2D eigenvalue weighted by molar-refractivity contribution is -0.384. The molecule has 0 radical (unpaired) electrons. The molecule has 0 spiro atoms. The van der Waals surface area contributed by atoms with Crippen molar-refractivity contribution in [3.63, 3.8) is 0 Å². The van der Waals surface area contributed by atoms with Crippen molar-refractivity contribution in [3.05, 3.63) is 64.0 Å².